The summed E-state index contributed by atoms with van der Waals surface area (Å²) in [6, 6.07) is 0. The summed E-state index contributed by atoms with van der Waals surface area (Å²) in [5.74, 6) is 1.52. The molecule has 0 aliphatic heterocycles. The van der Waals surface area contributed by atoms with E-state index in [4.69, 9.17) is 11.5 Å². The summed E-state index contributed by atoms with van der Waals surface area (Å²) >= 11 is 0. The molecule has 39 heavy (non-hydrogen) atoms. The van der Waals surface area contributed by atoms with Crippen LogP contribution in [0.25, 0.3) is 0 Å². The summed E-state index contributed by atoms with van der Waals surface area (Å²) in [7, 11) is 0. The van der Waals surface area contributed by atoms with Crippen LogP contribution >= 0.6 is 0 Å². The minimum Gasteiger partial charge on any atom is -0.393 e. The van der Waals surface area contributed by atoms with Crippen LogP contribution in [0.2, 0.25) is 0 Å². The van der Waals surface area contributed by atoms with Crippen LogP contribution < -0.4 is 11.5 Å². The van der Waals surface area contributed by atoms with Crippen molar-refractivity contribution in [2.45, 2.75) is 167 Å². The van der Waals surface area contributed by atoms with Crippen LogP contribution in [0.5, 0.6) is 0 Å². The third-order valence-corrected chi connectivity index (χ3v) is 9.43. The van der Waals surface area contributed by atoms with Gasteiger partial charge in [-0.25, -0.2) is 0 Å². The van der Waals surface area contributed by atoms with Crippen molar-refractivity contribution < 1.29 is 10.2 Å². The molecular weight excluding hydrogens is 482 g/mol. The summed E-state index contributed by atoms with van der Waals surface area (Å²) in [5, 5.41) is 21.7. The van der Waals surface area contributed by atoms with Gasteiger partial charge in [0.1, 0.15) is 0 Å². The predicted molar refractivity (Wildman–Crippen MR) is 170 cm³/mol. The van der Waals surface area contributed by atoms with E-state index in [9.17, 15) is 10.2 Å². The second kappa shape index (κ2) is 25.5. The molecule has 1 fully saturated rings. The maximum Gasteiger partial charge on any atom is 0.0571 e. The highest BCUT2D eigenvalue weighted by molar-refractivity contribution is 4.82. The van der Waals surface area contributed by atoms with Crippen molar-refractivity contribution in [1.82, 2.24) is 4.90 Å². The maximum atomic E-state index is 10.9. The van der Waals surface area contributed by atoms with Gasteiger partial charge in [0.2, 0.25) is 0 Å². The van der Waals surface area contributed by atoms with Gasteiger partial charge in [-0.3, -0.25) is 0 Å². The normalized spacial score (nSPS) is 21.5. The monoisotopic (exact) mass is 554 g/mol. The van der Waals surface area contributed by atoms with Crippen LogP contribution in [0.15, 0.2) is 0 Å². The highest BCUT2D eigenvalue weighted by Gasteiger charge is 2.29. The smallest absolute Gasteiger partial charge is 0.0571 e. The van der Waals surface area contributed by atoms with E-state index >= 15 is 0 Å². The highest BCUT2D eigenvalue weighted by atomic mass is 16.3. The van der Waals surface area contributed by atoms with E-state index in [1.807, 2.05) is 0 Å². The standard InChI is InChI=1S/C34H71N3O2/c1-3-4-5-6-12-17-26-37(27-18-21-33(38)30(2)19-13-8-7-10-15-24-35)29-31-22-23-32(34(39)28-31)20-14-9-11-16-25-36/h30-34,38-39H,3-29,35-36H2,1-2H3/t30?,31?,32-,33?,34?/m0/s1. The van der Waals surface area contributed by atoms with Gasteiger partial charge in [0.05, 0.1) is 12.2 Å². The molecule has 1 rings (SSSR count). The van der Waals surface area contributed by atoms with Gasteiger partial charge in [0, 0.05) is 6.54 Å². The van der Waals surface area contributed by atoms with Crippen molar-refractivity contribution in [3.05, 3.63) is 0 Å². The Labute approximate surface area is 244 Å². The molecule has 5 heteroatoms. The topological polar surface area (TPSA) is 95.7 Å². The third-order valence-electron chi connectivity index (χ3n) is 9.43. The molecule has 1 aliphatic carbocycles. The van der Waals surface area contributed by atoms with Crippen molar-refractivity contribution in [3.8, 4) is 0 Å². The van der Waals surface area contributed by atoms with E-state index in [1.165, 1.54) is 109 Å². The first-order chi connectivity index (χ1) is 19.0. The predicted octanol–water partition coefficient (Wildman–Crippen LogP) is 7.41. The summed E-state index contributed by atoms with van der Waals surface area (Å²) in [6.07, 6.45) is 26.5. The first kappa shape index (κ1) is 36.8. The van der Waals surface area contributed by atoms with Gasteiger partial charge in [-0.2, -0.15) is 0 Å². The fourth-order valence-electron chi connectivity index (χ4n) is 6.62. The molecule has 4 unspecified atom stereocenters. The van der Waals surface area contributed by atoms with Crippen LogP contribution in [0, 0.1) is 17.8 Å². The summed E-state index contributed by atoms with van der Waals surface area (Å²) in [5.41, 5.74) is 11.2. The Bertz CT molecular complexity index is 521. The van der Waals surface area contributed by atoms with E-state index in [2.05, 4.69) is 18.7 Å². The Morgan fingerprint density at radius 2 is 1.31 bits per heavy atom. The van der Waals surface area contributed by atoms with Gasteiger partial charge in [-0.05, 0) is 108 Å². The highest BCUT2D eigenvalue weighted by Crippen LogP contribution is 2.33. The number of hydrogen-bond acceptors (Lipinski definition) is 5. The van der Waals surface area contributed by atoms with Crippen LogP contribution in [0.3, 0.4) is 0 Å². The Balaban J connectivity index is 2.40. The van der Waals surface area contributed by atoms with Crippen molar-refractivity contribution in [2.24, 2.45) is 29.2 Å². The molecule has 234 valence electrons. The quantitative estimate of drug-likeness (QED) is 0.0794. The van der Waals surface area contributed by atoms with Gasteiger partial charge >= 0.3 is 0 Å². The lowest BCUT2D eigenvalue weighted by Crippen LogP contribution is -2.37. The van der Waals surface area contributed by atoms with Crippen LogP contribution in [-0.4, -0.2) is 60.0 Å². The number of nitrogens with two attached hydrogens (primary N) is 2. The molecule has 0 radical (unpaired) electrons. The Morgan fingerprint density at radius 3 is 1.97 bits per heavy atom. The van der Waals surface area contributed by atoms with Crippen molar-refractivity contribution >= 4 is 0 Å². The Kier molecular flexibility index (Phi) is 24.1. The lowest BCUT2D eigenvalue weighted by Gasteiger charge is -2.36. The van der Waals surface area contributed by atoms with E-state index in [-0.39, 0.29) is 12.2 Å². The number of aliphatic hydroxyl groups is 2. The lowest BCUT2D eigenvalue weighted by atomic mass is 9.77. The molecule has 5 atom stereocenters. The fraction of sp³-hybridized carbons (Fsp3) is 1.00. The fourth-order valence-corrected chi connectivity index (χ4v) is 6.62. The van der Waals surface area contributed by atoms with Gasteiger partial charge < -0.3 is 26.6 Å². The average Bonchev–Trinajstić information content (AvgIpc) is 2.93. The van der Waals surface area contributed by atoms with E-state index in [0.717, 1.165) is 64.7 Å². The SMILES string of the molecule is CCCCCCCCN(CCCC(O)C(C)CCCCCCCN)CC1CC[C@H](CCCCCCN)C(O)C1. The molecule has 6 N–H and O–H groups in total. The number of hydrogen-bond donors (Lipinski definition) is 4. The van der Waals surface area contributed by atoms with Crippen molar-refractivity contribution in [1.29, 1.82) is 0 Å². The summed E-state index contributed by atoms with van der Waals surface area (Å²) in [6.45, 7) is 9.53. The molecule has 5 nitrogen and oxygen atoms in total. The number of rotatable bonds is 27. The van der Waals surface area contributed by atoms with Gasteiger partial charge in [-0.1, -0.05) is 90.9 Å². The number of nitrogens with zero attached hydrogens (tertiary/aromatic N) is 1. The molecule has 1 aliphatic rings. The van der Waals surface area contributed by atoms with Crippen molar-refractivity contribution in [2.75, 3.05) is 32.7 Å². The number of aliphatic hydroxyl groups excluding tert-OH is 2. The molecule has 0 bridgehead atoms. The average molecular weight is 554 g/mol. The maximum absolute atomic E-state index is 10.9. The molecule has 0 aromatic rings. The summed E-state index contributed by atoms with van der Waals surface area (Å²) < 4.78 is 0. The zero-order valence-corrected chi connectivity index (χ0v) is 26.5. The van der Waals surface area contributed by atoms with Crippen molar-refractivity contribution in [3.63, 3.8) is 0 Å². The molecule has 0 amide bonds. The zero-order valence-electron chi connectivity index (χ0n) is 26.5. The van der Waals surface area contributed by atoms with Crippen LogP contribution in [-0.2, 0) is 0 Å². The van der Waals surface area contributed by atoms with E-state index in [1.54, 1.807) is 0 Å². The van der Waals surface area contributed by atoms with Crippen LogP contribution in [0.4, 0.5) is 0 Å². The Hall–Kier alpha value is -0.200. The minimum absolute atomic E-state index is 0.118. The molecule has 0 saturated heterocycles. The summed E-state index contributed by atoms with van der Waals surface area (Å²) in [4.78, 5) is 2.68. The van der Waals surface area contributed by atoms with Gasteiger partial charge in [-0.15, -0.1) is 0 Å². The first-order valence-corrected chi connectivity index (χ1v) is 17.5. The second-order valence-corrected chi connectivity index (χ2v) is 13.1. The second-order valence-electron chi connectivity index (χ2n) is 13.1. The minimum atomic E-state index is -0.174. The Morgan fingerprint density at radius 1 is 0.718 bits per heavy atom. The molecular formula is C34H71N3O2. The number of unbranched alkanes of at least 4 members (excludes halogenated alkanes) is 12. The molecule has 0 aromatic heterocycles. The largest absolute Gasteiger partial charge is 0.393 e. The molecule has 0 heterocycles. The molecule has 0 aromatic carbocycles. The zero-order chi connectivity index (χ0) is 28.6. The first-order valence-electron chi connectivity index (χ1n) is 17.5. The molecule has 0 spiro atoms. The molecule has 1 saturated carbocycles. The third kappa shape index (κ3) is 19.5. The van der Waals surface area contributed by atoms with Gasteiger partial charge in [0.25, 0.3) is 0 Å². The van der Waals surface area contributed by atoms with Gasteiger partial charge in [0.15, 0.2) is 0 Å². The lowest BCUT2D eigenvalue weighted by molar-refractivity contribution is 0.0283. The van der Waals surface area contributed by atoms with E-state index in [0.29, 0.717) is 17.8 Å². The van der Waals surface area contributed by atoms with E-state index < -0.39 is 0 Å². The van der Waals surface area contributed by atoms with Crippen LogP contribution in [0.1, 0.15) is 155 Å².